The standard InChI is InChI=1S/C19H20N2O2S/c1-14(20-22)3-4-15-5-6-16-12-21(13-17(16)11-15)24-19-9-7-18(23-2)8-10-19/h3-11,20,22H,1,12-13H2,2H3/b4-3+. The number of nitrogens with zero attached hydrogens (tertiary/aromatic N) is 1. The molecule has 1 heterocycles. The zero-order valence-corrected chi connectivity index (χ0v) is 14.3. The summed E-state index contributed by atoms with van der Waals surface area (Å²) < 4.78 is 7.54. The SMILES string of the molecule is C=C(/C=C/c1ccc2c(c1)CN(Sc1ccc(OC)cc1)C2)NO. The molecular formula is C19H20N2O2S. The molecule has 0 aromatic heterocycles. The van der Waals surface area contributed by atoms with Gasteiger partial charge in [0.05, 0.1) is 12.8 Å². The van der Waals surface area contributed by atoms with Crippen LogP contribution in [-0.4, -0.2) is 16.6 Å². The Labute approximate surface area is 146 Å². The van der Waals surface area contributed by atoms with Gasteiger partial charge in [0, 0.05) is 18.0 Å². The Morgan fingerprint density at radius 3 is 2.67 bits per heavy atom. The van der Waals surface area contributed by atoms with E-state index in [1.165, 1.54) is 16.0 Å². The van der Waals surface area contributed by atoms with E-state index in [0.717, 1.165) is 24.4 Å². The first kappa shape index (κ1) is 16.6. The summed E-state index contributed by atoms with van der Waals surface area (Å²) in [5, 5.41) is 8.76. The second-order valence-corrected chi connectivity index (χ2v) is 6.73. The fraction of sp³-hybridized carbons (Fsp3) is 0.158. The lowest BCUT2D eigenvalue weighted by Gasteiger charge is -2.13. The van der Waals surface area contributed by atoms with Crippen molar-refractivity contribution < 1.29 is 9.94 Å². The molecule has 0 radical (unpaired) electrons. The molecule has 0 unspecified atom stereocenters. The molecule has 0 saturated carbocycles. The number of allylic oxidation sites excluding steroid dienone is 1. The molecule has 3 rings (SSSR count). The van der Waals surface area contributed by atoms with Crippen molar-refractivity contribution in [3.05, 3.63) is 77.5 Å². The van der Waals surface area contributed by atoms with E-state index in [9.17, 15) is 0 Å². The Bertz CT molecular complexity index is 756. The van der Waals surface area contributed by atoms with E-state index >= 15 is 0 Å². The average molecular weight is 340 g/mol. The van der Waals surface area contributed by atoms with Gasteiger partial charge in [-0.05, 0) is 59.0 Å². The van der Waals surface area contributed by atoms with Crippen molar-refractivity contribution in [3.63, 3.8) is 0 Å². The van der Waals surface area contributed by atoms with Crippen molar-refractivity contribution in [1.82, 2.24) is 9.79 Å². The minimum absolute atomic E-state index is 0.465. The van der Waals surface area contributed by atoms with Crippen LogP contribution < -0.4 is 10.2 Å². The Morgan fingerprint density at radius 1 is 1.21 bits per heavy atom. The second-order valence-electron chi connectivity index (χ2n) is 5.56. The maximum atomic E-state index is 8.76. The number of methoxy groups -OCH3 is 1. The zero-order valence-electron chi connectivity index (χ0n) is 13.5. The van der Waals surface area contributed by atoms with Gasteiger partial charge in [-0.1, -0.05) is 30.9 Å². The van der Waals surface area contributed by atoms with E-state index in [1.54, 1.807) is 25.1 Å². The molecule has 2 N–H and O–H groups in total. The molecule has 2 aromatic rings. The summed E-state index contributed by atoms with van der Waals surface area (Å²) in [6.45, 7) is 5.50. The number of benzene rings is 2. The molecule has 0 saturated heterocycles. The quantitative estimate of drug-likeness (QED) is 0.468. The largest absolute Gasteiger partial charge is 0.497 e. The molecule has 0 bridgehead atoms. The summed E-state index contributed by atoms with van der Waals surface area (Å²) in [4.78, 5) is 1.20. The number of nitrogens with one attached hydrogen (secondary N) is 1. The summed E-state index contributed by atoms with van der Waals surface area (Å²) in [6.07, 6.45) is 3.69. The summed E-state index contributed by atoms with van der Waals surface area (Å²) in [5.41, 5.74) is 6.28. The van der Waals surface area contributed by atoms with Gasteiger partial charge in [0.15, 0.2) is 0 Å². The predicted octanol–water partition coefficient (Wildman–Crippen LogP) is 4.22. The van der Waals surface area contributed by atoms with Gasteiger partial charge in [0.25, 0.3) is 0 Å². The van der Waals surface area contributed by atoms with Crippen LogP contribution in [-0.2, 0) is 13.1 Å². The molecule has 0 atom stereocenters. The molecule has 1 aliphatic rings. The fourth-order valence-corrected chi connectivity index (χ4v) is 3.53. The lowest BCUT2D eigenvalue weighted by atomic mass is 10.1. The van der Waals surface area contributed by atoms with Gasteiger partial charge in [-0.15, -0.1) is 0 Å². The lowest BCUT2D eigenvalue weighted by molar-refractivity contribution is 0.205. The molecule has 4 nitrogen and oxygen atoms in total. The smallest absolute Gasteiger partial charge is 0.118 e. The highest BCUT2D eigenvalue weighted by molar-refractivity contribution is 7.97. The van der Waals surface area contributed by atoms with Gasteiger partial charge >= 0.3 is 0 Å². The molecule has 0 aliphatic carbocycles. The number of rotatable bonds is 6. The number of hydroxylamine groups is 1. The minimum Gasteiger partial charge on any atom is -0.497 e. The molecular weight excluding hydrogens is 320 g/mol. The first-order chi connectivity index (χ1) is 11.7. The van der Waals surface area contributed by atoms with Crippen molar-refractivity contribution in [3.8, 4) is 5.75 Å². The molecule has 124 valence electrons. The highest BCUT2D eigenvalue weighted by Crippen LogP contribution is 2.33. The minimum atomic E-state index is 0.465. The van der Waals surface area contributed by atoms with Gasteiger partial charge in [-0.3, -0.25) is 10.7 Å². The van der Waals surface area contributed by atoms with E-state index in [2.05, 4.69) is 41.2 Å². The molecule has 5 heteroatoms. The van der Waals surface area contributed by atoms with Gasteiger partial charge in [-0.25, -0.2) is 4.31 Å². The van der Waals surface area contributed by atoms with E-state index in [4.69, 9.17) is 9.94 Å². The van der Waals surface area contributed by atoms with Gasteiger partial charge in [0.2, 0.25) is 0 Å². The number of hydrogen-bond donors (Lipinski definition) is 2. The first-order valence-electron chi connectivity index (χ1n) is 7.64. The predicted molar refractivity (Wildman–Crippen MR) is 97.6 cm³/mol. The Hall–Kier alpha value is -2.21. The summed E-state index contributed by atoms with van der Waals surface area (Å²) in [5.74, 6) is 0.874. The van der Waals surface area contributed by atoms with Crippen LogP contribution >= 0.6 is 11.9 Å². The van der Waals surface area contributed by atoms with Gasteiger partial charge in [-0.2, -0.15) is 0 Å². The van der Waals surface area contributed by atoms with Gasteiger partial charge in [0.1, 0.15) is 5.75 Å². The summed E-state index contributed by atoms with van der Waals surface area (Å²) >= 11 is 1.76. The Morgan fingerprint density at radius 2 is 1.96 bits per heavy atom. The van der Waals surface area contributed by atoms with Crippen LogP contribution in [0.1, 0.15) is 16.7 Å². The van der Waals surface area contributed by atoms with Crippen LogP contribution in [0, 0.1) is 0 Å². The highest BCUT2D eigenvalue weighted by atomic mass is 32.2. The van der Waals surface area contributed by atoms with E-state index in [0.29, 0.717) is 5.70 Å². The number of hydrogen-bond acceptors (Lipinski definition) is 5. The van der Waals surface area contributed by atoms with Crippen LogP contribution in [0.4, 0.5) is 0 Å². The third-order valence-corrected chi connectivity index (χ3v) is 4.84. The Balaban J connectivity index is 1.65. The maximum absolute atomic E-state index is 8.76. The van der Waals surface area contributed by atoms with E-state index < -0.39 is 0 Å². The second kappa shape index (κ2) is 7.57. The molecule has 24 heavy (non-hydrogen) atoms. The molecule has 0 amide bonds. The summed E-state index contributed by atoms with van der Waals surface area (Å²) in [7, 11) is 1.68. The van der Waals surface area contributed by atoms with Crippen LogP contribution in [0.3, 0.4) is 0 Å². The molecule has 2 aromatic carbocycles. The monoisotopic (exact) mass is 340 g/mol. The van der Waals surface area contributed by atoms with Crippen molar-refractivity contribution in [1.29, 1.82) is 0 Å². The van der Waals surface area contributed by atoms with E-state index in [1.807, 2.05) is 23.7 Å². The van der Waals surface area contributed by atoms with Crippen LogP contribution in [0.15, 0.2) is 65.7 Å². The third-order valence-electron chi connectivity index (χ3n) is 3.84. The van der Waals surface area contributed by atoms with Crippen LogP contribution in [0.2, 0.25) is 0 Å². The van der Waals surface area contributed by atoms with Crippen molar-refractivity contribution in [2.75, 3.05) is 7.11 Å². The fourth-order valence-electron chi connectivity index (χ4n) is 2.57. The van der Waals surface area contributed by atoms with Gasteiger partial charge < -0.3 is 4.74 Å². The zero-order chi connectivity index (χ0) is 16.9. The molecule has 1 aliphatic heterocycles. The van der Waals surface area contributed by atoms with Crippen molar-refractivity contribution in [2.45, 2.75) is 18.0 Å². The number of fused-ring (bicyclic) bond motifs is 1. The maximum Gasteiger partial charge on any atom is 0.118 e. The number of ether oxygens (including phenoxy) is 1. The lowest BCUT2D eigenvalue weighted by Crippen LogP contribution is -2.05. The topological polar surface area (TPSA) is 44.7 Å². The van der Waals surface area contributed by atoms with Crippen molar-refractivity contribution in [2.24, 2.45) is 0 Å². The van der Waals surface area contributed by atoms with Crippen molar-refractivity contribution >= 4 is 18.0 Å². The molecule has 0 fully saturated rings. The van der Waals surface area contributed by atoms with Crippen LogP contribution in [0.5, 0.6) is 5.75 Å². The normalized spacial score (nSPS) is 13.9. The third kappa shape index (κ3) is 4.00. The highest BCUT2D eigenvalue weighted by Gasteiger charge is 2.19. The summed E-state index contributed by atoms with van der Waals surface area (Å²) in [6, 6.07) is 14.6. The van der Waals surface area contributed by atoms with E-state index in [-0.39, 0.29) is 0 Å². The average Bonchev–Trinajstić information content (AvgIpc) is 3.01. The van der Waals surface area contributed by atoms with Crippen LogP contribution in [0.25, 0.3) is 6.08 Å². The molecule has 0 spiro atoms. The first-order valence-corrected chi connectivity index (χ1v) is 8.41. The Kier molecular flexibility index (Phi) is 5.25.